The minimum atomic E-state index is -0.795. The van der Waals surface area contributed by atoms with Crippen LogP contribution in [0.5, 0.6) is 0 Å². The molecule has 0 aromatic heterocycles. The van der Waals surface area contributed by atoms with Crippen molar-refractivity contribution in [2.45, 2.75) is 32.1 Å². The summed E-state index contributed by atoms with van der Waals surface area (Å²) in [6.45, 7) is 2.47. The first kappa shape index (κ1) is 15.1. The van der Waals surface area contributed by atoms with Crippen molar-refractivity contribution in [2.75, 3.05) is 33.4 Å². The number of carboxylic acid groups (broad SMARTS) is 1. The second-order valence-corrected chi connectivity index (χ2v) is 6.03. The van der Waals surface area contributed by atoms with Crippen LogP contribution in [-0.2, 0) is 9.53 Å². The summed E-state index contributed by atoms with van der Waals surface area (Å²) in [6.07, 6.45) is 4.21. The zero-order chi connectivity index (χ0) is 14.6. The fourth-order valence-electron chi connectivity index (χ4n) is 2.85. The summed E-state index contributed by atoms with van der Waals surface area (Å²) in [5, 5.41) is 12.0. The Balaban J connectivity index is 1.74. The molecule has 6 heteroatoms. The highest BCUT2D eigenvalue weighted by molar-refractivity contribution is 5.78. The van der Waals surface area contributed by atoms with Gasteiger partial charge in [0, 0.05) is 33.4 Å². The van der Waals surface area contributed by atoms with E-state index in [0.29, 0.717) is 25.3 Å². The molecule has 114 valence electrons. The molecule has 2 rings (SSSR count). The number of hydrogen-bond donors (Lipinski definition) is 2. The summed E-state index contributed by atoms with van der Waals surface area (Å²) < 4.78 is 5.30. The van der Waals surface area contributed by atoms with Gasteiger partial charge in [-0.2, -0.15) is 0 Å². The third-order valence-electron chi connectivity index (χ3n) is 4.56. The molecule has 6 nitrogen and oxygen atoms in total. The Labute approximate surface area is 119 Å². The molecule has 0 atom stereocenters. The number of nitrogens with zero attached hydrogens (tertiary/aromatic N) is 1. The minimum absolute atomic E-state index is 0.177. The van der Waals surface area contributed by atoms with Crippen LogP contribution in [0.25, 0.3) is 0 Å². The van der Waals surface area contributed by atoms with Gasteiger partial charge < -0.3 is 20.1 Å². The fourth-order valence-corrected chi connectivity index (χ4v) is 2.85. The second-order valence-electron chi connectivity index (χ2n) is 6.03. The average molecular weight is 284 g/mol. The molecule has 0 unspecified atom stereocenters. The quantitative estimate of drug-likeness (QED) is 0.798. The van der Waals surface area contributed by atoms with E-state index in [4.69, 9.17) is 4.74 Å². The number of rotatable bonds is 5. The van der Waals surface area contributed by atoms with Crippen molar-refractivity contribution in [3.8, 4) is 0 Å². The van der Waals surface area contributed by atoms with Gasteiger partial charge in [0.1, 0.15) is 0 Å². The van der Waals surface area contributed by atoms with Crippen LogP contribution in [0, 0.1) is 11.3 Å². The highest BCUT2D eigenvalue weighted by Crippen LogP contribution is 2.40. The van der Waals surface area contributed by atoms with E-state index in [-0.39, 0.29) is 12.6 Å². The van der Waals surface area contributed by atoms with Crippen LogP contribution in [0.2, 0.25) is 0 Å². The SMILES string of the molecule is CN(CC1CCOCC1)C(=O)NCC1(C(=O)O)CCC1. The molecule has 1 saturated carbocycles. The normalized spacial score (nSPS) is 21.9. The predicted molar refractivity (Wildman–Crippen MR) is 73.5 cm³/mol. The number of carbonyl (C=O) groups excluding carboxylic acids is 1. The number of nitrogens with one attached hydrogen (secondary N) is 1. The number of aliphatic carboxylic acids is 1. The van der Waals surface area contributed by atoms with Crippen LogP contribution in [0.3, 0.4) is 0 Å². The second kappa shape index (κ2) is 6.43. The van der Waals surface area contributed by atoms with Gasteiger partial charge in [0.2, 0.25) is 0 Å². The summed E-state index contributed by atoms with van der Waals surface area (Å²) in [5.41, 5.74) is -0.727. The van der Waals surface area contributed by atoms with E-state index in [0.717, 1.165) is 32.5 Å². The van der Waals surface area contributed by atoms with Crippen molar-refractivity contribution in [1.29, 1.82) is 0 Å². The van der Waals surface area contributed by atoms with Gasteiger partial charge in [-0.3, -0.25) is 4.79 Å². The molecule has 2 amide bonds. The predicted octanol–water partition coefficient (Wildman–Crippen LogP) is 1.31. The minimum Gasteiger partial charge on any atom is -0.481 e. The van der Waals surface area contributed by atoms with Crippen molar-refractivity contribution in [2.24, 2.45) is 11.3 Å². The van der Waals surface area contributed by atoms with E-state index in [1.807, 2.05) is 0 Å². The van der Waals surface area contributed by atoms with Crippen LogP contribution >= 0.6 is 0 Å². The largest absolute Gasteiger partial charge is 0.481 e. The van der Waals surface area contributed by atoms with Gasteiger partial charge in [0.15, 0.2) is 0 Å². The molecular formula is C14H24N2O4. The molecule has 2 fully saturated rings. The zero-order valence-corrected chi connectivity index (χ0v) is 12.1. The Kier molecular flexibility index (Phi) is 4.86. The lowest BCUT2D eigenvalue weighted by atomic mass is 9.69. The van der Waals surface area contributed by atoms with Crippen LogP contribution in [-0.4, -0.2) is 55.4 Å². The lowest BCUT2D eigenvalue weighted by Gasteiger charge is -2.38. The lowest BCUT2D eigenvalue weighted by Crippen LogP contribution is -2.50. The van der Waals surface area contributed by atoms with Gasteiger partial charge in [0.05, 0.1) is 5.41 Å². The standard InChI is InChI=1S/C14H24N2O4/c1-16(9-11-3-7-20-8-4-11)13(19)15-10-14(12(17)18)5-2-6-14/h11H,2-10H2,1H3,(H,15,19)(H,17,18). The van der Waals surface area contributed by atoms with Crippen LogP contribution in [0.4, 0.5) is 4.79 Å². The third kappa shape index (κ3) is 3.42. The highest BCUT2D eigenvalue weighted by atomic mass is 16.5. The first-order valence-electron chi connectivity index (χ1n) is 7.34. The molecule has 0 aromatic carbocycles. The molecular weight excluding hydrogens is 260 g/mol. The Hall–Kier alpha value is -1.30. The summed E-state index contributed by atoms with van der Waals surface area (Å²) in [6, 6.07) is -0.177. The van der Waals surface area contributed by atoms with Crippen LogP contribution in [0.1, 0.15) is 32.1 Å². The molecule has 1 saturated heterocycles. The van der Waals surface area contributed by atoms with E-state index < -0.39 is 11.4 Å². The maximum Gasteiger partial charge on any atom is 0.317 e. The van der Waals surface area contributed by atoms with E-state index in [1.165, 1.54) is 0 Å². The van der Waals surface area contributed by atoms with Gasteiger partial charge in [-0.05, 0) is 31.6 Å². The van der Waals surface area contributed by atoms with Gasteiger partial charge in [-0.1, -0.05) is 6.42 Å². The molecule has 20 heavy (non-hydrogen) atoms. The molecule has 1 aliphatic carbocycles. The van der Waals surface area contributed by atoms with Gasteiger partial charge in [-0.25, -0.2) is 4.79 Å². The Bertz CT molecular complexity index is 362. The monoisotopic (exact) mass is 284 g/mol. The Morgan fingerprint density at radius 1 is 1.35 bits per heavy atom. The maximum atomic E-state index is 12.0. The number of amides is 2. The molecule has 2 aliphatic rings. The average Bonchev–Trinajstić information content (AvgIpc) is 2.37. The molecule has 0 spiro atoms. The topological polar surface area (TPSA) is 78.9 Å². The maximum absolute atomic E-state index is 12.0. The van der Waals surface area contributed by atoms with Gasteiger partial charge >= 0.3 is 12.0 Å². The third-order valence-corrected chi connectivity index (χ3v) is 4.56. The van der Waals surface area contributed by atoms with Crippen molar-refractivity contribution < 1.29 is 19.4 Å². The van der Waals surface area contributed by atoms with Gasteiger partial charge in [-0.15, -0.1) is 0 Å². The van der Waals surface area contributed by atoms with E-state index in [9.17, 15) is 14.7 Å². The van der Waals surface area contributed by atoms with Crippen molar-refractivity contribution in [3.05, 3.63) is 0 Å². The number of carbonyl (C=O) groups is 2. The van der Waals surface area contributed by atoms with Crippen molar-refractivity contribution in [1.82, 2.24) is 10.2 Å². The summed E-state index contributed by atoms with van der Waals surface area (Å²) in [7, 11) is 1.76. The Morgan fingerprint density at radius 2 is 2.00 bits per heavy atom. The number of hydrogen-bond acceptors (Lipinski definition) is 3. The highest BCUT2D eigenvalue weighted by Gasteiger charge is 2.44. The fraction of sp³-hybridized carbons (Fsp3) is 0.857. The molecule has 0 bridgehead atoms. The molecule has 1 aliphatic heterocycles. The first-order valence-corrected chi connectivity index (χ1v) is 7.34. The van der Waals surface area contributed by atoms with E-state index in [2.05, 4.69) is 5.32 Å². The van der Waals surface area contributed by atoms with E-state index >= 15 is 0 Å². The van der Waals surface area contributed by atoms with Crippen molar-refractivity contribution >= 4 is 12.0 Å². The zero-order valence-electron chi connectivity index (χ0n) is 12.1. The molecule has 0 radical (unpaired) electrons. The summed E-state index contributed by atoms with van der Waals surface area (Å²) in [5.74, 6) is -0.312. The summed E-state index contributed by atoms with van der Waals surface area (Å²) in [4.78, 5) is 24.9. The first-order chi connectivity index (χ1) is 9.53. The molecule has 2 N–H and O–H groups in total. The smallest absolute Gasteiger partial charge is 0.317 e. The lowest BCUT2D eigenvalue weighted by molar-refractivity contribution is -0.153. The van der Waals surface area contributed by atoms with Crippen LogP contribution < -0.4 is 5.32 Å². The number of carboxylic acids is 1. The molecule has 1 heterocycles. The number of ether oxygens (including phenoxy) is 1. The summed E-state index contributed by atoms with van der Waals surface area (Å²) >= 11 is 0. The van der Waals surface area contributed by atoms with Gasteiger partial charge in [0.25, 0.3) is 0 Å². The molecule has 0 aromatic rings. The van der Waals surface area contributed by atoms with Crippen LogP contribution in [0.15, 0.2) is 0 Å². The number of urea groups is 1. The van der Waals surface area contributed by atoms with Crippen molar-refractivity contribution in [3.63, 3.8) is 0 Å². The van der Waals surface area contributed by atoms with E-state index in [1.54, 1.807) is 11.9 Å². The Morgan fingerprint density at radius 3 is 2.50 bits per heavy atom.